The first kappa shape index (κ1) is 29.7. The van der Waals surface area contributed by atoms with Crippen molar-refractivity contribution in [2.75, 3.05) is 19.8 Å². The summed E-state index contributed by atoms with van der Waals surface area (Å²) in [6, 6.07) is 0. The van der Waals surface area contributed by atoms with Crippen LogP contribution in [0.2, 0.25) is 0 Å². The van der Waals surface area contributed by atoms with E-state index in [2.05, 4.69) is 6.58 Å². The van der Waals surface area contributed by atoms with Gasteiger partial charge in [0.1, 0.15) is 24.9 Å². The van der Waals surface area contributed by atoms with Gasteiger partial charge in [-0.15, -0.1) is 0 Å². The molecule has 9 heteroatoms. The van der Waals surface area contributed by atoms with E-state index in [-0.39, 0.29) is 31.8 Å². The van der Waals surface area contributed by atoms with E-state index in [1.165, 1.54) is 19.9 Å². The lowest BCUT2D eigenvalue weighted by atomic mass is 9.83. The third-order valence-corrected chi connectivity index (χ3v) is 6.74. The Labute approximate surface area is 213 Å². The summed E-state index contributed by atoms with van der Waals surface area (Å²) in [4.78, 5) is 36.4. The lowest BCUT2D eigenvalue weighted by Gasteiger charge is -2.28. The summed E-state index contributed by atoms with van der Waals surface area (Å²) in [6.45, 7) is 11.8. The van der Waals surface area contributed by atoms with Crippen molar-refractivity contribution in [3.8, 4) is 0 Å². The molecule has 0 unspecified atom stereocenters. The molecule has 0 saturated carbocycles. The first-order valence-corrected chi connectivity index (χ1v) is 12.4. The van der Waals surface area contributed by atoms with Gasteiger partial charge in [0, 0.05) is 18.6 Å². The fourth-order valence-corrected chi connectivity index (χ4v) is 4.16. The van der Waals surface area contributed by atoms with E-state index >= 15 is 0 Å². The van der Waals surface area contributed by atoms with Crippen LogP contribution in [0.15, 0.2) is 35.5 Å². The molecule has 2 rings (SSSR count). The molecular weight excluding hydrogens is 468 g/mol. The van der Waals surface area contributed by atoms with E-state index in [0.717, 1.165) is 5.57 Å². The number of fused-ring (bicyclic) bond motifs is 1. The maximum atomic E-state index is 12.6. The Morgan fingerprint density at radius 3 is 2.50 bits per heavy atom. The molecule has 6 atom stereocenters. The minimum atomic E-state index is -0.871. The molecule has 0 aromatic heterocycles. The minimum absolute atomic E-state index is 0.00736. The van der Waals surface area contributed by atoms with Crippen molar-refractivity contribution < 1.29 is 43.5 Å². The quantitative estimate of drug-likeness (QED) is 0.150. The molecule has 202 valence electrons. The van der Waals surface area contributed by atoms with Crippen molar-refractivity contribution in [3.05, 3.63) is 35.5 Å². The van der Waals surface area contributed by atoms with Crippen LogP contribution in [0.25, 0.3) is 0 Å². The molecule has 0 radical (unpaired) electrons. The summed E-state index contributed by atoms with van der Waals surface area (Å²) in [7, 11) is 0. The van der Waals surface area contributed by atoms with E-state index < -0.39 is 41.6 Å². The topological polar surface area (TPSA) is 132 Å². The number of hydrogen-bond acceptors (Lipinski definition) is 9. The molecule has 9 nitrogen and oxygen atoms in total. The number of allylic oxidation sites excluding steroid dienone is 2. The maximum Gasteiger partial charge on any atom is 0.331 e. The van der Waals surface area contributed by atoms with Crippen LogP contribution in [0.5, 0.6) is 0 Å². The van der Waals surface area contributed by atoms with Crippen molar-refractivity contribution in [2.24, 2.45) is 11.8 Å². The lowest BCUT2D eigenvalue weighted by molar-refractivity contribution is -0.151. The first-order valence-electron chi connectivity index (χ1n) is 12.4. The van der Waals surface area contributed by atoms with Crippen LogP contribution in [0.1, 0.15) is 60.3 Å². The second-order valence-electron chi connectivity index (χ2n) is 10.0. The first-order chi connectivity index (χ1) is 16.9. The highest BCUT2D eigenvalue weighted by Crippen LogP contribution is 2.46. The molecule has 2 N–H and O–H groups in total. The van der Waals surface area contributed by atoms with Gasteiger partial charge in [-0.2, -0.15) is 0 Å². The fourth-order valence-electron chi connectivity index (χ4n) is 4.16. The lowest BCUT2D eigenvalue weighted by Crippen LogP contribution is -2.31. The molecule has 36 heavy (non-hydrogen) atoms. The normalized spacial score (nSPS) is 28.8. The van der Waals surface area contributed by atoms with Gasteiger partial charge in [0.2, 0.25) is 0 Å². The maximum absolute atomic E-state index is 12.6. The smallest absolute Gasteiger partial charge is 0.331 e. The van der Waals surface area contributed by atoms with E-state index in [4.69, 9.17) is 18.9 Å². The predicted molar refractivity (Wildman–Crippen MR) is 132 cm³/mol. The van der Waals surface area contributed by atoms with Crippen molar-refractivity contribution in [3.63, 3.8) is 0 Å². The van der Waals surface area contributed by atoms with Gasteiger partial charge in [0.15, 0.2) is 0 Å². The van der Waals surface area contributed by atoms with Gasteiger partial charge >= 0.3 is 17.9 Å². The SMILES string of the molecule is C=C(COC(C)=O)[C@H]1C[C@@H](OC(=O)C=C(C)C)/C(COC(=O)[C@H](C)[C@H](C)O)=C/CC[C@@]2(CO)O[C@@H]2C1. The Morgan fingerprint density at radius 2 is 1.92 bits per heavy atom. The number of ether oxygens (including phenoxy) is 4. The number of epoxide rings is 1. The molecule has 1 heterocycles. The van der Waals surface area contributed by atoms with Gasteiger partial charge in [0.25, 0.3) is 0 Å². The molecule has 1 saturated heterocycles. The largest absolute Gasteiger partial charge is 0.461 e. The van der Waals surface area contributed by atoms with E-state index in [1.807, 2.05) is 6.08 Å². The second-order valence-corrected chi connectivity index (χ2v) is 10.0. The van der Waals surface area contributed by atoms with Gasteiger partial charge in [-0.3, -0.25) is 9.59 Å². The number of aliphatic hydroxyl groups excluding tert-OH is 2. The Morgan fingerprint density at radius 1 is 1.22 bits per heavy atom. The monoisotopic (exact) mass is 508 g/mol. The predicted octanol–water partition coefficient (Wildman–Crippen LogP) is 2.79. The number of carbonyl (C=O) groups is 3. The standard InChI is InChI=1S/C27H40O9/c1-16(2)10-25(31)35-23-11-22(17(3)13-33-20(6)30)12-24-27(15-28,36-24)9-7-8-21(23)14-34-26(32)18(4)19(5)29/h8,10,18-19,22-24,28-29H,3,7,9,11-15H2,1-2,4-6H3/b21-8+/t18-,19+,22+,23-,24-,27+/m1/s1. The summed E-state index contributed by atoms with van der Waals surface area (Å²) < 4.78 is 22.4. The Balaban J connectivity index is 2.36. The molecule has 0 aromatic carbocycles. The number of rotatable bonds is 10. The Hall–Kier alpha value is -2.49. The summed E-state index contributed by atoms with van der Waals surface area (Å²) in [5.74, 6) is -2.50. The van der Waals surface area contributed by atoms with Crippen LogP contribution in [0.3, 0.4) is 0 Å². The molecule has 1 aliphatic heterocycles. The molecule has 1 fully saturated rings. The molecular formula is C27H40O9. The van der Waals surface area contributed by atoms with E-state index in [0.29, 0.717) is 36.8 Å². The summed E-state index contributed by atoms with van der Waals surface area (Å²) in [6.07, 6.45) is 3.30. The molecule has 0 aromatic rings. The van der Waals surface area contributed by atoms with E-state index in [1.54, 1.807) is 20.8 Å². The van der Waals surface area contributed by atoms with Gasteiger partial charge in [-0.1, -0.05) is 18.2 Å². The summed E-state index contributed by atoms with van der Waals surface area (Å²) in [5.41, 5.74) is 1.34. The van der Waals surface area contributed by atoms with E-state index in [9.17, 15) is 24.6 Å². The molecule has 0 bridgehead atoms. The molecule has 1 aliphatic carbocycles. The van der Waals surface area contributed by atoms with Crippen LogP contribution in [0.4, 0.5) is 0 Å². The molecule has 0 amide bonds. The summed E-state index contributed by atoms with van der Waals surface area (Å²) in [5, 5.41) is 19.7. The van der Waals surface area contributed by atoms with Crippen LogP contribution in [0, 0.1) is 11.8 Å². The van der Waals surface area contributed by atoms with Gasteiger partial charge < -0.3 is 29.2 Å². The number of hydrogen-bond donors (Lipinski definition) is 2. The zero-order valence-electron chi connectivity index (χ0n) is 22.0. The van der Waals surface area contributed by atoms with Crippen molar-refractivity contribution >= 4 is 17.9 Å². The highest BCUT2D eigenvalue weighted by atomic mass is 16.6. The molecule has 2 aliphatic rings. The van der Waals surface area contributed by atoms with Crippen molar-refractivity contribution in [2.45, 2.75) is 84.2 Å². The van der Waals surface area contributed by atoms with Gasteiger partial charge in [0.05, 0.1) is 24.7 Å². The number of esters is 3. The van der Waals surface area contributed by atoms with Gasteiger partial charge in [-0.25, -0.2) is 4.79 Å². The highest BCUT2D eigenvalue weighted by Gasteiger charge is 2.56. The summed E-state index contributed by atoms with van der Waals surface area (Å²) >= 11 is 0. The van der Waals surface area contributed by atoms with Crippen LogP contribution < -0.4 is 0 Å². The minimum Gasteiger partial charge on any atom is -0.461 e. The fraction of sp³-hybridized carbons (Fsp3) is 0.667. The average molecular weight is 509 g/mol. The number of aliphatic hydroxyl groups is 2. The zero-order chi connectivity index (χ0) is 27.0. The molecule has 0 spiro atoms. The highest BCUT2D eigenvalue weighted by molar-refractivity contribution is 5.83. The average Bonchev–Trinajstić information content (AvgIpc) is 3.49. The van der Waals surface area contributed by atoms with Crippen LogP contribution in [-0.2, 0) is 33.3 Å². The van der Waals surface area contributed by atoms with Crippen molar-refractivity contribution in [1.29, 1.82) is 0 Å². The van der Waals surface area contributed by atoms with Crippen molar-refractivity contribution in [1.82, 2.24) is 0 Å². The van der Waals surface area contributed by atoms with Crippen LogP contribution in [-0.4, -0.2) is 71.9 Å². The zero-order valence-corrected chi connectivity index (χ0v) is 22.0. The Bertz CT molecular complexity index is 884. The second kappa shape index (κ2) is 13.2. The van der Waals surface area contributed by atoms with Crippen LogP contribution >= 0.6 is 0 Å². The third-order valence-electron chi connectivity index (χ3n) is 6.74. The Kier molecular flexibility index (Phi) is 10.9. The van der Waals surface area contributed by atoms with Gasteiger partial charge in [-0.05, 0) is 64.9 Å². The third kappa shape index (κ3) is 8.57. The number of carbonyl (C=O) groups excluding carboxylic acids is 3.